The van der Waals surface area contributed by atoms with Crippen molar-refractivity contribution < 1.29 is 31.5 Å². The summed E-state index contributed by atoms with van der Waals surface area (Å²) in [4.78, 5) is 9.15. The molecule has 43 heavy (non-hydrogen) atoms. The van der Waals surface area contributed by atoms with Gasteiger partial charge < -0.3 is 9.53 Å². The van der Waals surface area contributed by atoms with Crippen LogP contribution in [0.2, 0.25) is 18.1 Å². The molecule has 0 bridgehead atoms. The van der Waals surface area contributed by atoms with Crippen molar-refractivity contribution in [3.8, 4) is 0 Å². The maximum absolute atomic E-state index is 14.4. The lowest BCUT2D eigenvalue weighted by molar-refractivity contribution is -0.137. The van der Waals surface area contributed by atoms with E-state index in [1.807, 2.05) is 13.8 Å². The molecule has 2 aromatic heterocycles. The summed E-state index contributed by atoms with van der Waals surface area (Å²) in [5, 5.41) is 11.8. The summed E-state index contributed by atoms with van der Waals surface area (Å²) in [5.74, 6) is -3.00. The van der Waals surface area contributed by atoms with Gasteiger partial charge in [0.25, 0.3) is 5.92 Å². The van der Waals surface area contributed by atoms with Crippen molar-refractivity contribution in [3.05, 3.63) is 63.7 Å². The molecule has 2 aromatic rings. The summed E-state index contributed by atoms with van der Waals surface area (Å²) in [6.45, 7) is 19.0. The molecule has 2 aliphatic rings. The predicted octanol–water partition coefficient (Wildman–Crippen LogP) is 9.94. The number of hydrogen-bond acceptors (Lipinski definition) is 4. The second-order valence-corrected chi connectivity index (χ2v) is 19.6. The molecule has 2 heterocycles. The zero-order chi connectivity index (χ0) is 32.3. The molecule has 239 valence electrons. The number of alkyl halides is 5. The molecule has 0 saturated carbocycles. The molecule has 4 rings (SSSR count). The molecular weight excluding hydrogens is 579 g/mol. The molecular formula is C33H45F5N2O2Si-. The number of aliphatic hydroxyl groups is 1. The van der Waals surface area contributed by atoms with Crippen LogP contribution in [0.5, 0.6) is 0 Å². The van der Waals surface area contributed by atoms with Gasteiger partial charge in [-0.05, 0) is 62.2 Å². The fourth-order valence-corrected chi connectivity index (χ4v) is 7.16. The van der Waals surface area contributed by atoms with E-state index in [4.69, 9.17) is 9.41 Å². The van der Waals surface area contributed by atoms with E-state index in [1.165, 1.54) is 6.07 Å². The Hall–Kier alpha value is -2.17. The quantitative estimate of drug-likeness (QED) is 0.257. The summed E-state index contributed by atoms with van der Waals surface area (Å²) < 4.78 is 75.8. The summed E-state index contributed by atoms with van der Waals surface area (Å²) in [6.07, 6.45) is -3.45. The summed E-state index contributed by atoms with van der Waals surface area (Å²) in [7, 11) is -2.34. The van der Waals surface area contributed by atoms with Crippen LogP contribution in [-0.2, 0) is 17.0 Å². The topological polar surface area (TPSA) is 55.2 Å². The van der Waals surface area contributed by atoms with Gasteiger partial charge in [0.05, 0.1) is 17.0 Å². The average Bonchev–Trinajstić information content (AvgIpc) is 2.85. The van der Waals surface area contributed by atoms with Gasteiger partial charge in [-0.2, -0.15) is 13.2 Å². The van der Waals surface area contributed by atoms with Crippen LogP contribution in [0.15, 0.2) is 24.4 Å². The monoisotopic (exact) mass is 624 g/mol. The van der Waals surface area contributed by atoms with Crippen molar-refractivity contribution in [2.24, 2.45) is 5.41 Å². The van der Waals surface area contributed by atoms with Crippen molar-refractivity contribution in [1.82, 2.24) is 9.97 Å². The van der Waals surface area contributed by atoms with Crippen LogP contribution in [0.1, 0.15) is 132 Å². The Balaban J connectivity index is 2.03. The van der Waals surface area contributed by atoms with Crippen molar-refractivity contribution in [1.29, 1.82) is 0 Å². The number of aliphatic hydroxyl groups excluding tert-OH is 1. The maximum atomic E-state index is 14.4. The third-order valence-corrected chi connectivity index (χ3v) is 13.8. The molecule has 0 unspecified atom stereocenters. The first kappa shape index (κ1) is 33.7. The minimum Gasteiger partial charge on any atom is -0.559 e. The number of fused-ring (bicyclic) bond motifs is 1. The van der Waals surface area contributed by atoms with Gasteiger partial charge in [-0.25, -0.2) is 8.78 Å². The standard InChI is InChI=1S/C33H45F5N2O2Si/c1-19(2)28-27(29(41)22-11-10-21(18-39-22)33(36,37)38)25(20-12-14-32(34,35)15-13-20)26-23(40-28)16-31(6,7)17-24(26)42-43(8,9)30(3,4)5/h10-12,18-19,24,29,41H,13-17H2,1-9H3/q-1/t24-,29-/m0/s1. The van der Waals surface area contributed by atoms with E-state index in [0.717, 1.165) is 17.3 Å². The summed E-state index contributed by atoms with van der Waals surface area (Å²) in [5.41, 5.74) is 2.96. The first-order chi connectivity index (χ1) is 19.5. The molecule has 0 radical (unpaired) electrons. The molecule has 2 aliphatic carbocycles. The van der Waals surface area contributed by atoms with Gasteiger partial charge in [-0.15, -0.1) is 18.1 Å². The number of hydrogen-bond donors (Lipinski definition) is 1. The Bertz CT molecular complexity index is 1380. The minimum absolute atomic E-state index is 0.0395. The fourth-order valence-electron chi connectivity index (χ4n) is 5.89. The zero-order valence-corrected chi connectivity index (χ0v) is 27.7. The molecule has 10 heteroatoms. The lowest BCUT2D eigenvalue weighted by Gasteiger charge is -2.53. The lowest BCUT2D eigenvalue weighted by Crippen LogP contribution is -2.44. The van der Waals surface area contributed by atoms with E-state index in [2.05, 4.69) is 52.7 Å². The maximum Gasteiger partial charge on any atom is 0.417 e. The highest BCUT2D eigenvalue weighted by molar-refractivity contribution is 6.74. The lowest BCUT2D eigenvalue weighted by atomic mass is 9.70. The Morgan fingerprint density at radius 2 is 1.74 bits per heavy atom. The third-order valence-electron chi connectivity index (χ3n) is 9.27. The normalized spacial score (nSPS) is 21.4. The van der Waals surface area contributed by atoms with Crippen LogP contribution in [0.4, 0.5) is 22.0 Å². The summed E-state index contributed by atoms with van der Waals surface area (Å²) >= 11 is 0. The van der Waals surface area contributed by atoms with Gasteiger partial charge in [0.1, 0.15) is 6.10 Å². The molecule has 0 aromatic carbocycles. The van der Waals surface area contributed by atoms with Crippen LogP contribution >= 0.6 is 0 Å². The average molecular weight is 625 g/mol. The highest BCUT2D eigenvalue weighted by Crippen LogP contribution is 2.52. The van der Waals surface area contributed by atoms with Gasteiger partial charge in [0.15, 0.2) is 0 Å². The molecule has 0 aliphatic heterocycles. The van der Waals surface area contributed by atoms with E-state index in [9.17, 15) is 27.1 Å². The highest BCUT2D eigenvalue weighted by atomic mass is 28.4. The number of rotatable bonds is 6. The second-order valence-electron chi connectivity index (χ2n) is 14.9. The van der Waals surface area contributed by atoms with Crippen LogP contribution in [-0.4, -0.2) is 29.3 Å². The number of pyridine rings is 2. The van der Waals surface area contributed by atoms with E-state index in [0.29, 0.717) is 41.4 Å². The van der Waals surface area contributed by atoms with Gasteiger partial charge in [-0.3, -0.25) is 9.97 Å². The fraction of sp³-hybridized carbons (Fsp3) is 0.636. The molecule has 4 nitrogen and oxygen atoms in total. The van der Waals surface area contributed by atoms with Crippen LogP contribution < -0.4 is 0 Å². The Morgan fingerprint density at radius 1 is 1.09 bits per heavy atom. The SMILES string of the molecule is CC(C)c1nc2c(c(C3=CCC(F)(F)CC3)c1[C@@H](O)c1ccc(C(F)(F)F)cn1)[C@@H](O[Si-](C)(C)C(C)(C)C)CC(C)(C)C2. The molecule has 0 saturated heterocycles. The van der Waals surface area contributed by atoms with Gasteiger partial charge in [0.2, 0.25) is 0 Å². The molecule has 0 amide bonds. The second kappa shape index (κ2) is 11.3. The Morgan fingerprint density at radius 3 is 2.23 bits per heavy atom. The number of allylic oxidation sites excluding steroid dienone is 2. The largest absolute Gasteiger partial charge is 0.559 e. The Kier molecular flexibility index (Phi) is 8.88. The van der Waals surface area contributed by atoms with E-state index in [-0.39, 0.29) is 34.9 Å². The molecule has 1 N–H and O–H groups in total. The van der Waals surface area contributed by atoms with Crippen molar-refractivity contribution >= 4 is 13.9 Å². The van der Waals surface area contributed by atoms with Gasteiger partial charge >= 0.3 is 6.18 Å². The number of nitrogens with zero attached hydrogens (tertiary/aromatic N) is 2. The Labute approximate surface area is 253 Å². The van der Waals surface area contributed by atoms with Crippen molar-refractivity contribution in [2.75, 3.05) is 0 Å². The first-order valence-electron chi connectivity index (χ1n) is 15.1. The van der Waals surface area contributed by atoms with E-state index < -0.39 is 44.6 Å². The predicted molar refractivity (Wildman–Crippen MR) is 162 cm³/mol. The van der Waals surface area contributed by atoms with Crippen LogP contribution in [0, 0.1) is 5.41 Å². The number of aromatic nitrogens is 2. The minimum atomic E-state index is -4.57. The van der Waals surface area contributed by atoms with E-state index >= 15 is 0 Å². The van der Waals surface area contributed by atoms with Crippen molar-refractivity contribution in [2.45, 2.75) is 129 Å². The number of halogens is 5. The highest BCUT2D eigenvalue weighted by Gasteiger charge is 2.42. The van der Waals surface area contributed by atoms with Crippen LogP contribution in [0.25, 0.3) is 5.57 Å². The third kappa shape index (κ3) is 7.06. The smallest absolute Gasteiger partial charge is 0.417 e. The molecule has 2 atom stereocenters. The first-order valence-corrected chi connectivity index (χ1v) is 18.0. The van der Waals surface area contributed by atoms with Crippen LogP contribution in [0.3, 0.4) is 0 Å². The molecule has 0 fully saturated rings. The zero-order valence-electron chi connectivity index (χ0n) is 26.7. The van der Waals surface area contributed by atoms with Gasteiger partial charge in [-0.1, -0.05) is 54.5 Å². The molecule has 0 spiro atoms. The van der Waals surface area contributed by atoms with Crippen molar-refractivity contribution in [3.63, 3.8) is 0 Å². The van der Waals surface area contributed by atoms with E-state index in [1.54, 1.807) is 6.08 Å². The van der Waals surface area contributed by atoms with Gasteiger partial charge in [0, 0.05) is 42.0 Å². The summed E-state index contributed by atoms with van der Waals surface area (Å²) in [6, 6.07) is 2.08.